The molecule has 146 valence electrons. The maximum absolute atomic E-state index is 6.57. The van der Waals surface area contributed by atoms with Gasteiger partial charge in [-0.05, 0) is 65.0 Å². The molecule has 0 aromatic heterocycles. The standard InChI is InChI=1S/C22H22Cl2N2O2/c1-27-20-6-11-5-16-15(14(11)9-21(20)28-2)8-19(26)17(10-25)22(16)13-4-3-12(23)7-18(13)24/h3-4,6-7,9,15H,5,8,10,25-26H2,1-2H3. The van der Waals surface area contributed by atoms with Gasteiger partial charge in [0.05, 0.1) is 14.2 Å². The Bertz CT molecular complexity index is 1030. The summed E-state index contributed by atoms with van der Waals surface area (Å²) >= 11 is 12.7. The molecule has 0 amide bonds. The van der Waals surface area contributed by atoms with Gasteiger partial charge in [0, 0.05) is 33.8 Å². The maximum atomic E-state index is 6.57. The van der Waals surface area contributed by atoms with Crippen molar-refractivity contribution < 1.29 is 9.47 Å². The summed E-state index contributed by atoms with van der Waals surface area (Å²) in [5, 5.41) is 1.20. The number of fused-ring (bicyclic) bond motifs is 3. The normalized spacial score (nSPS) is 18.2. The van der Waals surface area contributed by atoms with E-state index in [0.717, 1.165) is 46.7 Å². The molecule has 28 heavy (non-hydrogen) atoms. The Hall–Kier alpha value is -2.14. The minimum Gasteiger partial charge on any atom is -0.493 e. The van der Waals surface area contributed by atoms with Crippen LogP contribution < -0.4 is 20.9 Å². The molecule has 1 atom stereocenters. The molecule has 4 nitrogen and oxygen atoms in total. The van der Waals surface area contributed by atoms with Crippen molar-refractivity contribution >= 4 is 28.8 Å². The van der Waals surface area contributed by atoms with Crippen LogP contribution in [0.4, 0.5) is 0 Å². The van der Waals surface area contributed by atoms with E-state index in [1.165, 1.54) is 16.7 Å². The van der Waals surface area contributed by atoms with Gasteiger partial charge < -0.3 is 20.9 Å². The Kier molecular flexibility index (Phi) is 5.04. The fourth-order valence-electron chi connectivity index (χ4n) is 4.38. The molecule has 4 N–H and O–H groups in total. The molecule has 0 saturated carbocycles. The Morgan fingerprint density at radius 1 is 1.07 bits per heavy atom. The zero-order chi connectivity index (χ0) is 20.0. The first-order valence-corrected chi connectivity index (χ1v) is 9.85. The lowest BCUT2D eigenvalue weighted by molar-refractivity contribution is 0.354. The van der Waals surface area contributed by atoms with Crippen molar-refractivity contribution in [3.8, 4) is 11.5 Å². The van der Waals surface area contributed by atoms with E-state index >= 15 is 0 Å². The lowest BCUT2D eigenvalue weighted by Crippen LogP contribution is -2.21. The van der Waals surface area contributed by atoms with Gasteiger partial charge in [0.1, 0.15) is 0 Å². The third kappa shape index (κ3) is 2.96. The number of benzene rings is 2. The van der Waals surface area contributed by atoms with Crippen LogP contribution in [0.2, 0.25) is 10.0 Å². The molecule has 0 fully saturated rings. The van der Waals surface area contributed by atoms with Crippen molar-refractivity contribution in [2.45, 2.75) is 18.8 Å². The van der Waals surface area contributed by atoms with E-state index in [2.05, 4.69) is 12.1 Å². The lowest BCUT2D eigenvalue weighted by atomic mass is 9.78. The van der Waals surface area contributed by atoms with Gasteiger partial charge in [-0.1, -0.05) is 29.3 Å². The average Bonchev–Trinajstić information content (AvgIpc) is 3.03. The zero-order valence-electron chi connectivity index (χ0n) is 15.8. The first kappa shape index (κ1) is 19.2. The summed E-state index contributed by atoms with van der Waals surface area (Å²) in [5.74, 6) is 1.62. The number of nitrogens with two attached hydrogens (primary N) is 2. The van der Waals surface area contributed by atoms with Crippen LogP contribution in [0.25, 0.3) is 5.57 Å². The highest BCUT2D eigenvalue weighted by atomic mass is 35.5. The highest BCUT2D eigenvalue weighted by Crippen LogP contribution is 2.52. The number of allylic oxidation sites excluding steroid dienone is 2. The van der Waals surface area contributed by atoms with E-state index in [-0.39, 0.29) is 5.92 Å². The van der Waals surface area contributed by atoms with Crippen LogP contribution in [-0.4, -0.2) is 20.8 Å². The quantitative estimate of drug-likeness (QED) is 0.758. The van der Waals surface area contributed by atoms with Crippen LogP contribution in [0.5, 0.6) is 11.5 Å². The molecule has 2 aromatic rings. The van der Waals surface area contributed by atoms with E-state index in [9.17, 15) is 0 Å². The monoisotopic (exact) mass is 416 g/mol. The molecule has 0 saturated heterocycles. The molecule has 2 aliphatic rings. The van der Waals surface area contributed by atoms with Gasteiger partial charge in [0.2, 0.25) is 0 Å². The number of hydrogen-bond donors (Lipinski definition) is 2. The predicted molar refractivity (Wildman–Crippen MR) is 114 cm³/mol. The Balaban J connectivity index is 1.94. The van der Waals surface area contributed by atoms with Gasteiger partial charge in [0.15, 0.2) is 11.5 Å². The van der Waals surface area contributed by atoms with Crippen molar-refractivity contribution in [3.05, 3.63) is 73.9 Å². The summed E-state index contributed by atoms with van der Waals surface area (Å²) in [6, 6.07) is 9.67. The smallest absolute Gasteiger partial charge is 0.161 e. The summed E-state index contributed by atoms with van der Waals surface area (Å²) in [5.41, 5.74) is 20.0. The third-order valence-electron chi connectivity index (χ3n) is 5.66. The molecule has 0 radical (unpaired) electrons. The van der Waals surface area contributed by atoms with Gasteiger partial charge >= 0.3 is 0 Å². The second-order valence-electron chi connectivity index (χ2n) is 7.07. The lowest BCUT2D eigenvalue weighted by Gasteiger charge is -2.28. The molecule has 1 unspecified atom stereocenters. The Labute approximate surface area is 174 Å². The molecule has 0 aliphatic heterocycles. The van der Waals surface area contributed by atoms with Gasteiger partial charge in [-0.25, -0.2) is 0 Å². The average molecular weight is 417 g/mol. The van der Waals surface area contributed by atoms with Crippen LogP contribution in [0.3, 0.4) is 0 Å². The van der Waals surface area contributed by atoms with Crippen LogP contribution in [0, 0.1) is 0 Å². The summed E-state index contributed by atoms with van der Waals surface area (Å²) in [6.45, 7) is 0.360. The minimum atomic E-state index is 0.173. The predicted octanol–water partition coefficient (Wildman–Crippen LogP) is 4.68. The van der Waals surface area contributed by atoms with Gasteiger partial charge in [-0.15, -0.1) is 0 Å². The van der Waals surface area contributed by atoms with Crippen molar-refractivity contribution in [2.24, 2.45) is 11.5 Å². The van der Waals surface area contributed by atoms with E-state index in [0.29, 0.717) is 16.6 Å². The molecule has 4 rings (SSSR count). The largest absolute Gasteiger partial charge is 0.493 e. The van der Waals surface area contributed by atoms with E-state index < -0.39 is 0 Å². The zero-order valence-corrected chi connectivity index (χ0v) is 17.3. The number of ether oxygens (including phenoxy) is 2. The summed E-state index contributed by atoms with van der Waals surface area (Å²) in [7, 11) is 3.30. The Morgan fingerprint density at radius 2 is 1.79 bits per heavy atom. The molecule has 0 heterocycles. The highest BCUT2D eigenvalue weighted by Gasteiger charge is 2.36. The van der Waals surface area contributed by atoms with Gasteiger partial charge in [0.25, 0.3) is 0 Å². The molecular formula is C22H22Cl2N2O2. The van der Waals surface area contributed by atoms with Crippen LogP contribution in [0.1, 0.15) is 29.0 Å². The summed E-state index contributed by atoms with van der Waals surface area (Å²) in [6.07, 6.45) is 1.53. The fourth-order valence-corrected chi connectivity index (χ4v) is 4.89. The van der Waals surface area contributed by atoms with Gasteiger partial charge in [-0.2, -0.15) is 0 Å². The maximum Gasteiger partial charge on any atom is 0.161 e. The Morgan fingerprint density at radius 3 is 2.43 bits per heavy atom. The van der Waals surface area contributed by atoms with E-state index in [4.69, 9.17) is 44.1 Å². The first-order chi connectivity index (χ1) is 13.5. The topological polar surface area (TPSA) is 70.5 Å². The van der Waals surface area contributed by atoms with Crippen LogP contribution in [-0.2, 0) is 6.42 Å². The second kappa shape index (κ2) is 7.36. The van der Waals surface area contributed by atoms with Crippen LogP contribution >= 0.6 is 23.2 Å². The third-order valence-corrected chi connectivity index (χ3v) is 6.21. The number of rotatable bonds is 4. The molecule has 0 bridgehead atoms. The van der Waals surface area contributed by atoms with Crippen molar-refractivity contribution in [1.82, 2.24) is 0 Å². The highest BCUT2D eigenvalue weighted by molar-refractivity contribution is 6.36. The molecular weight excluding hydrogens is 395 g/mol. The molecule has 2 aromatic carbocycles. The van der Waals surface area contributed by atoms with Gasteiger partial charge in [-0.3, -0.25) is 0 Å². The van der Waals surface area contributed by atoms with Crippen molar-refractivity contribution in [2.75, 3.05) is 20.8 Å². The fraction of sp³-hybridized carbons (Fsp3) is 0.273. The first-order valence-electron chi connectivity index (χ1n) is 9.09. The van der Waals surface area contributed by atoms with Crippen LogP contribution in [0.15, 0.2) is 47.2 Å². The van der Waals surface area contributed by atoms with Crippen molar-refractivity contribution in [3.63, 3.8) is 0 Å². The van der Waals surface area contributed by atoms with Crippen molar-refractivity contribution in [1.29, 1.82) is 0 Å². The second-order valence-corrected chi connectivity index (χ2v) is 7.92. The number of halogens is 2. The minimum absolute atomic E-state index is 0.173. The molecule has 6 heteroatoms. The summed E-state index contributed by atoms with van der Waals surface area (Å²) in [4.78, 5) is 0. The van der Waals surface area contributed by atoms with E-state index in [1.807, 2.05) is 12.1 Å². The SMILES string of the molecule is COc1cc2c(cc1OC)C1CC(N)=C(CN)C(c3ccc(Cl)cc3Cl)=C1C2. The summed E-state index contributed by atoms with van der Waals surface area (Å²) < 4.78 is 11.0. The van der Waals surface area contributed by atoms with E-state index in [1.54, 1.807) is 20.3 Å². The molecule has 0 spiro atoms. The number of hydrogen-bond acceptors (Lipinski definition) is 4. The number of methoxy groups -OCH3 is 2. The molecule has 2 aliphatic carbocycles.